The van der Waals surface area contributed by atoms with Crippen LogP contribution in [0.15, 0.2) is 24.3 Å². The van der Waals surface area contributed by atoms with Crippen molar-refractivity contribution in [2.24, 2.45) is 0 Å². The van der Waals surface area contributed by atoms with E-state index in [4.69, 9.17) is 5.11 Å². The number of carboxylic acid groups (broad SMARTS) is 1. The molecule has 0 fully saturated rings. The van der Waals surface area contributed by atoms with Crippen molar-refractivity contribution in [2.45, 2.75) is 19.4 Å². The molecule has 1 aromatic carbocycles. The molecule has 1 unspecified atom stereocenters. The van der Waals surface area contributed by atoms with Gasteiger partial charge in [0.1, 0.15) is 11.9 Å². The van der Waals surface area contributed by atoms with Crippen LogP contribution in [0.2, 0.25) is 0 Å². The molecule has 0 saturated carbocycles. The molecule has 0 heterocycles. The Morgan fingerprint density at radius 2 is 2.06 bits per heavy atom. The number of halogens is 1. The van der Waals surface area contributed by atoms with Gasteiger partial charge in [0, 0.05) is 0 Å². The number of carbonyl (C=O) groups is 2. The lowest BCUT2D eigenvalue weighted by molar-refractivity contribution is -0.141. The molecule has 0 radical (unpaired) electrons. The monoisotopic (exact) mass is 225 g/mol. The van der Waals surface area contributed by atoms with Crippen molar-refractivity contribution in [2.75, 3.05) is 0 Å². The van der Waals surface area contributed by atoms with Gasteiger partial charge in [0.2, 0.25) is 5.91 Å². The number of hydrogen-bond acceptors (Lipinski definition) is 2. The van der Waals surface area contributed by atoms with Crippen LogP contribution in [0.25, 0.3) is 0 Å². The molecule has 1 amide bonds. The van der Waals surface area contributed by atoms with Crippen molar-refractivity contribution in [3.05, 3.63) is 35.6 Å². The molecule has 0 aliphatic carbocycles. The first-order valence-electron chi connectivity index (χ1n) is 4.76. The highest BCUT2D eigenvalue weighted by atomic mass is 19.1. The Hall–Kier alpha value is -1.91. The molecular formula is C11H12FNO3. The zero-order valence-corrected chi connectivity index (χ0v) is 8.74. The highest BCUT2D eigenvalue weighted by molar-refractivity contribution is 5.84. The predicted molar refractivity (Wildman–Crippen MR) is 55.3 cm³/mol. The second-order valence-corrected chi connectivity index (χ2v) is 3.40. The topological polar surface area (TPSA) is 66.4 Å². The van der Waals surface area contributed by atoms with Crippen LogP contribution in [0, 0.1) is 5.82 Å². The molecule has 0 aliphatic heterocycles. The second-order valence-electron chi connectivity index (χ2n) is 3.40. The van der Waals surface area contributed by atoms with Crippen LogP contribution in [-0.4, -0.2) is 23.0 Å². The number of hydrogen-bond donors (Lipinski definition) is 2. The first-order chi connectivity index (χ1) is 7.50. The van der Waals surface area contributed by atoms with Crippen molar-refractivity contribution in [1.82, 2.24) is 5.32 Å². The highest BCUT2D eigenvalue weighted by Gasteiger charge is 2.14. The molecule has 1 aromatic rings. The molecule has 1 rings (SSSR count). The van der Waals surface area contributed by atoms with Gasteiger partial charge in [-0.25, -0.2) is 4.39 Å². The molecule has 1 atom stereocenters. The van der Waals surface area contributed by atoms with Crippen LogP contribution in [0.4, 0.5) is 4.39 Å². The quantitative estimate of drug-likeness (QED) is 0.802. The van der Waals surface area contributed by atoms with E-state index in [9.17, 15) is 14.0 Å². The minimum Gasteiger partial charge on any atom is -0.480 e. The standard InChI is InChI=1S/C11H12FNO3/c1-7(11(15)16)13-10(14)6-8-4-2-3-5-9(8)12/h2-5,7H,6H2,1H3,(H,13,14)(H,15,16). The molecule has 5 heteroatoms. The first-order valence-corrected chi connectivity index (χ1v) is 4.76. The Bertz CT molecular complexity index is 406. The van der Waals surface area contributed by atoms with Crippen molar-refractivity contribution in [3.8, 4) is 0 Å². The van der Waals surface area contributed by atoms with Crippen LogP contribution in [0.5, 0.6) is 0 Å². The van der Waals surface area contributed by atoms with Crippen molar-refractivity contribution >= 4 is 11.9 Å². The Morgan fingerprint density at radius 3 is 2.62 bits per heavy atom. The summed E-state index contributed by atoms with van der Waals surface area (Å²) < 4.78 is 13.1. The maximum absolute atomic E-state index is 13.1. The summed E-state index contributed by atoms with van der Waals surface area (Å²) in [4.78, 5) is 21.8. The number of carbonyl (C=O) groups excluding carboxylic acids is 1. The van der Waals surface area contributed by atoms with Crippen LogP contribution < -0.4 is 5.32 Å². The number of carboxylic acids is 1. The Kier molecular flexibility index (Phi) is 3.99. The average molecular weight is 225 g/mol. The van der Waals surface area contributed by atoms with Gasteiger partial charge in [0.15, 0.2) is 0 Å². The van der Waals surface area contributed by atoms with E-state index in [1.807, 2.05) is 0 Å². The van der Waals surface area contributed by atoms with Gasteiger partial charge >= 0.3 is 5.97 Å². The van der Waals surface area contributed by atoms with Crippen LogP contribution in [0.3, 0.4) is 0 Å². The smallest absolute Gasteiger partial charge is 0.325 e. The fourth-order valence-electron chi connectivity index (χ4n) is 1.17. The largest absolute Gasteiger partial charge is 0.480 e. The molecule has 0 bridgehead atoms. The zero-order valence-electron chi connectivity index (χ0n) is 8.74. The maximum Gasteiger partial charge on any atom is 0.325 e. The Labute approximate surface area is 92.1 Å². The lowest BCUT2D eigenvalue weighted by Gasteiger charge is -2.09. The molecule has 86 valence electrons. The fourth-order valence-corrected chi connectivity index (χ4v) is 1.17. The van der Waals surface area contributed by atoms with Gasteiger partial charge in [-0.3, -0.25) is 9.59 Å². The van der Waals surface area contributed by atoms with E-state index in [2.05, 4.69) is 5.32 Å². The number of nitrogens with one attached hydrogen (secondary N) is 1. The molecule has 0 spiro atoms. The van der Waals surface area contributed by atoms with Gasteiger partial charge in [-0.2, -0.15) is 0 Å². The number of aliphatic carboxylic acids is 1. The average Bonchev–Trinajstić information content (AvgIpc) is 2.21. The van der Waals surface area contributed by atoms with E-state index >= 15 is 0 Å². The van der Waals surface area contributed by atoms with Gasteiger partial charge in [0.05, 0.1) is 6.42 Å². The van der Waals surface area contributed by atoms with Crippen molar-refractivity contribution < 1.29 is 19.1 Å². The van der Waals surface area contributed by atoms with Crippen LogP contribution >= 0.6 is 0 Å². The molecule has 4 nitrogen and oxygen atoms in total. The molecule has 16 heavy (non-hydrogen) atoms. The van der Waals surface area contributed by atoms with E-state index in [1.54, 1.807) is 6.07 Å². The molecule has 0 aromatic heterocycles. The fraction of sp³-hybridized carbons (Fsp3) is 0.273. The van der Waals surface area contributed by atoms with Crippen molar-refractivity contribution in [1.29, 1.82) is 0 Å². The van der Waals surface area contributed by atoms with Gasteiger partial charge < -0.3 is 10.4 Å². The van der Waals surface area contributed by atoms with Gasteiger partial charge in [-0.05, 0) is 18.6 Å². The van der Waals surface area contributed by atoms with Crippen molar-refractivity contribution in [3.63, 3.8) is 0 Å². The van der Waals surface area contributed by atoms with Gasteiger partial charge in [-0.1, -0.05) is 18.2 Å². The maximum atomic E-state index is 13.1. The highest BCUT2D eigenvalue weighted by Crippen LogP contribution is 2.06. The number of rotatable bonds is 4. The first kappa shape index (κ1) is 12.2. The van der Waals surface area contributed by atoms with Crippen LogP contribution in [0.1, 0.15) is 12.5 Å². The Morgan fingerprint density at radius 1 is 1.44 bits per heavy atom. The summed E-state index contributed by atoms with van der Waals surface area (Å²) in [6, 6.07) is 4.91. The molecular weight excluding hydrogens is 213 g/mol. The Balaban J connectivity index is 2.59. The molecule has 0 aliphatic rings. The predicted octanol–water partition coefficient (Wildman–Crippen LogP) is 0.957. The summed E-state index contributed by atoms with van der Waals surface area (Å²) in [5, 5.41) is 10.8. The van der Waals surface area contributed by atoms with E-state index in [0.717, 1.165) is 0 Å². The minimum atomic E-state index is -1.12. The summed E-state index contributed by atoms with van der Waals surface area (Å²) in [5.74, 6) is -2.11. The van der Waals surface area contributed by atoms with E-state index in [1.165, 1.54) is 25.1 Å². The lowest BCUT2D eigenvalue weighted by atomic mass is 10.1. The van der Waals surface area contributed by atoms with Gasteiger partial charge in [0.25, 0.3) is 0 Å². The molecule has 0 saturated heterocycles. The third-order valence-corrected chi connectivity index (χ3v) is 2.06. The lowest BCUT2D eigenvalue weighted by Crippen LogP contribution is -2.39. The summed E-state index contributed by atoms with van der Waals surface area (Å²) in [5.41, 5.74) is 0.248. The third kappa shape index (κ3) is 3.34. The van der Waals surface area contributed by atoms with Crippen LogP contribution in [-0.2, 0) is 16.0 Å². The van der Waals surface area contributed by atoms with E-state index in [-0.39, 0.29) is 12.0 Å². The van der Waals surface area contributed by atoms with E-state index < -0.39 is 23.7 Å². The SMILES string of the molecule is CC(NC(=O)Cc1ccccc1F)C(=O)O. The zero-order chi connectivity index (χ0) is 12.1. The summed E-state index contributed by atoms with van der Waals surface area (Å²) in [6.45, 7) is 1.35. The van der Waals surface area contributed by atoms with E-state index in [0.29, 0.717) is 0 Å². The third-order valence-electron chi connectivity index (χ3n) is 2.06. The number of amides is 1. The molecule has 2 N–H and O–H groups in total. The normalized spacial score (nSPS) is 11.9. The summed E-state index contributed by atoms with van der Waals surface area (Å²) in [6.07, 6.45) is -0.162. The summed E-state index contributed by atoms with van der Waals surface area (Å²) in [7, 11) is 0. The minimum absolute atomic E-state index is 0.162. The van der Waals surface area contributed by atoms with Gasteiger partial charge in [-0.15, -0.1) is 0 Å². The summed E-state index contributed by atoms with van der Waals surface area (Å²) >= 11 is 0. The second kappa shape index (κ2) is 5.25. The number of benzene rings is 1.